The SMILES string of the molecule is COc1ccc([C@@]23CC[C@@H](NC(=O)Nc4cc(Cl)ccc4C)C[C@@H]2N(C2CCC2)CC3)cc1OC. The molecule has 3 atom stereocenters. The first kappa shape index (κ1) is 24.3. The number of fused-ring (bicyclic) bond motifs is 1. The van der Waals surface area contributed by atoms with Gasteiger partial charge in [0.2, 0.25) is 0 Å². The lowest BCUT2D eigenvalue weighted by Gasteiger charge is -2.48. The minimum absolute atomic E-state index is 0.0767. The highest BCUT2D eigenvalue weighted by Gasteiger charge is 2.53. The van der Waals surface area contributed by atoms with Crippen LogP contribution in [0.3, 0.4) is 0 Å². The smallest absolute Gasteiger partial charge is 0.319 e. The predicted octanol–water partition coefficient (Wildman–Crippen LogP) is 5.90. The molecule has 2 aliphatic carbocycles. The van der Waals surface area contributed by atoms with Gasteiger partial charge in [0.25, 0.3) is 0 Å². The van der Waals surface area contributed by atoms with Crippen LogP contribution in [-0.2, 0) is 5.41 Å². The van der Waals surface area contributed by atoms with Gasteiger partial charge in [0.1, 0.15) is 0 Å². The monoisotopic (exact) mass is 497 g/mol. The Bertz CT molecular complexity index is 1090. The largest absolute Gasteiger partial charge is 0.493 e. The Morgan fingerprint density at radius 2 is 1.86 bits per heavy atom. The fourth-order valence-corrected chi connectivity index (χ4v) is 6.60. The van der Waals surface area contributed by atoms with Crippen LogP contribution in [0.15, 0.2) is 36.4 Å². The number of nitrogens with one attached hydrogen (secondary N) is 2. The summed E-state index contributed by atoms with van der Waals surface area (Å²) in [4.78, 5) is 15.7. The third-order valence-electron chi connectivity index (χ3n) is 8.59. The molecule has 1 aliphatic heterocycles. The molecule has 0 spiro atoms. The standard InChI is InChI=1S/C28H36ClN3O3/c1-18-7-9-20(29)16-23(18)31-27(33)30-21-11-12-28(19-8-10-24(34-2)25(15-19)35-3)13-14-32(26(28)17-21)22-5-4-6-22/h7-10,15-16,21-22,26H,4-6,11-14,17H2,1-3H3,(H2,30,31,33)/t21-,26+,28+/m1/s1. The van der Waals surface area contributed by atoms with E-state index in [2.05, 4.69) is 27.7 Å². The van der Waals surface area contributed by atoms with E-state index in [1.54, 1.807) is 20.3 Å². The molecule has 3 aliphatic rings. The van der Waals surface area contributed by atoms with Crippen molar-refractivity contribution in [1.29, 1.82) is 0 Å². The molecule has 0 aromatic heterocycles. The highest BCUT2D eigenvalue weighted by atomic mass is 35.5. The van der Waals surface area contributed by atoms with E-state index in [1.165, 1.54) is 24.8 Å². The molecule has 2 aromatic rings. The first-order valence-electron chi connectivity index (χ1n) is 12.8. The highest BCUT2D eigenvalue weighted by Crippen LogP contribution is 2.52. The van der Waals surface area contributed by atoms with Crippen LogP contribution in [-0.4, -0.2) is 49.8 Å². The number of urea groups is 1. The van der Waals surface area contributed by atoms with E-state index in [1.807, 2.05) is 25.1 Å². The zero-order valence-corrected chi connectivity index (χ0v) is 21.7. The fraction of sp³-hybridized carbons (Fsp3) is 0.536. The van der Waals surface area contributed by atoms with Crippen molar-refractivity contribution in [3.05, 3.63) is 52.5 Å². The Balaban J connectivity index is 1.36. The Hall–Kier alpha value is -2.44. The van der Waals surface area contributed by atoms with Crippen molar-refractivity contribution >= 4 is 23.3 Å². The maximum absolute atomic E-state index is 12.9. The number of aryl methyl sites for hydroxylation is 1. The van der Waals surface area contributed by atoms with Gasteiger partial charge in [0.15, 0.2) is 11.5 Å². The molecule has 2 saturated carbocycles. The Kier molecular flexibility index (Phi) is 6.86. The van der Waals surface area contributed by atoms with Crippen LogP contribution in [0.1, 0.15) is 56.1 Å². The van der Waals surface area contributed by atoms with Crippen molar-refractivity contribution in [3.8, 4) is 11.5 Å². The van der Waals surface area contributed by atoms with Crippen LogP contribution in [0.5, 0.6) is 11.5 Å². The van der Waals surface area contributed by atoms with Gasteiger partial charge >= 0.3 is 6.03 Å². The van der Waals surface area contributed by atoms with Crippen LogP contribution in [0, 0.1) is 6.92 Å². The second-order valence-electron chi connectivity index (χ2n) is 10.3. The van der Waals surface area contributed by atoms with E-state index in [4.69, 9.17) is 21.1 Å². The average Bonchev–Trinajstić information content (AvgIpc) is 3.19. The molecule has 2 amide bonds. The summed E-state index contributed by atoms with van der Waals surface area (Å²) in [5, 5.41) is 6.89. The van der Waals surface area contributed by atoms with E-state index in [0.717, 1.165) is 55.0 Å². The van der Waals surface area contributed by atoms with Crippen LogP contribution >= 0.6 is 11.6 Å². The van der Waals surface area contributed by atoms with Gasteiger partial charge in [0.05, 0.1) is 14.2 Å². The van der Waals surface area contributed by atoms with Gasteiger partial charge in [-0.25, -0.2) is 4.79 Å². The molecule has 35 heavy (non-hydrogen) atoms. The van der Waals surface area contributed by atoms with E-state index < -0.39 is 0 Å². The number of hydrogen-bond donors (Lipinski definition) is 2. The quantitative estimate of drug-likeness (QED) is 0.521. The summed E-state index contributed by atoms with van der Waals surface area (Å²) in [6.07, 6.45) is 7.97. The number of methoxy groups -OCH3 is 2. The third kappa shape index (κ3) is 4.58. The van der Waals surface area contributed by atoms with Crippen molar-refractivity contribution in [2.75, 3.05) is 26.1 Å². The van der Waals surface area contributed by atoms with Crippen molar-refractivity contribution < 1.29 is 14.3 Å². The van der Waals surface area contributed by atoms with Crippen LogP contribution in [0.4, 0.5) is 10.5 Å². The first-order valence-corrected chi connectivity index (χ1v) is 13.1. The molecule has 1 heterocycles. The Labute approximate surface area is 213 Å². The minimum Gasteiger partial charge on any atom is -0.493 e. The van der Waals surface area contributed by atoms with Crippen molar-refractivity contribution in [3.63, 3.8) is 0 Å². The van der Waals surface area contributed by atoms with E-state index in [-0.39, 0.29) is 17.5 Å². The molecule has 1 saturated heterocycles. The molecule has 7 heteroatoms. The number of carbonyl (C=O) groups is 1. The molecular weight excluding hydrogens is 462 g/mol. The third-order valence-corrected chi connectivity index (χ3v) is 8.82. The minimum atomic E-state index is -0.160. The Morgan fingerprint density at radius 3 is 2.57 bits per heavy atom. The summed E-state index contributed by atoms with van der Waals surface area (Å²) in [6.45, 7) is 3.09. The number of ether oxygens (including phenoxy) is 2. The molecule has 5 rings (SSSR count). The number of amides is 2. The number of rotatable bonds is 6. The van der Waals surface area contributed by atoms with Crippen LogP contribution < -0.4 is 20.1 Å². The second kappa shape index (κ2) is 9.90. The first-order chi connectivity index (χ1) is 16.9. The summed E-state index contributed by atoms with van der Waals surface area (Å²) in [5.41, 5.74) is 3.15. The molecule has 0 unspecified atom stereocenters. The Morgan fingerprint density at radius 1 is 1.06 bits per heavy atom. The lowest BCUT2D eigenvalue weighted by molar-refractivity contribution is 0.0646. The maximum atomic E-state index is 12.9. The molecule has 2 N–H and O–H groups in total. The molecule has 3 fully saturated rings. The number of nitrogens with zero attached hydrogens (tertiary/aromatic N) is 1. The molecular formula is C28H36ClN3O3. The topological polar surface area (TPSA) is 62.8 Å². The molecule has 6 nitrogen and oxygen atoms in total. The lowest BCUT2D eigenvalue weighted by atomic mass is 9.64. The van der Waals surface area contributed by atoms with Crippen molar-refractivity contribution in [1.82, 2.24) is 10.2 Å². The number of carbonyl (C=O) groups excluding carboxylic acids is 1. The van der Waals surface area contributed by atoms with Gasteiger partial charge < -0.3 is 20.1 Å². The molecule has 0 radical (unpaired) electrons. The normalized spacial score (nSPS) is 26.5. The van der Waals surface area contributed by atoms with E-state index in [9.17, 15) is 4.79 Å². The maximum Gasteiger partial charge on any atom is 0.319 e. The van der Waals surface area contributed by atoms with E-state index in [0.29, 0.717) is 17.1 Å². The summed E-state index contributed by atoms with van der Waals surface area (Å²) < 4.78 is 11.2. The predicted molar refractivity (Wildman–Crippen MR) is 140 cm³/mol. The number of halogens is 1. The number of benzene rings is 2. The van der Waals surface area contributed by atoms with Crippen molar-refractivity contribution in [2.24, 2.45) is 0 Å². The van der Waals surface area contributed by atoms with Gasteiger partial charge in [-0.2, -0.15) is 0 Å². The zero-order chi connectivity index (χ0) is 24.6. The average molecular weight is 498 g/mol. The van der Waals surface area contributed by atoms with E-state index >= 15 is 0 Å². The number of likely N-dealkylation sites (tertiary alicyclic amines) is 1. The van der Waals surface area contributed by atoms with Gasteiger partial charge in [0, 0.05) is 34.3 Å². The number of anilines is 1. The summed E-state index contributed by atoms with van der Waals surface area (Å²) in [7, 11) is 3.38. The van der Waals surface area contributed by atoms with Gasteiger partial charge in [-0.15, -0.1) is 0 Å². The van der Waals surface area contributed by atoms with Gasteiger partial charge in [-0.05, 0) is 87.4 Å². The van der Waals surface area contributed by atoms with Gasteiger partial charge in [-0.1, -0.05) is 30.2 Å². The van der Waals surface area contributed by atoms with Crippen molar-refractivity contribution in [2.45, 2.75) is 75.4 Å². The summed E-state index contributed by atoms with van der Waals surface area (Å²) >= 11 is 6.14. The lowest BCUT2D eigenvalue weighted by Crippen LogP contribution is -2.55. The molecule has 188 valence electrons. The van der Waals surface area contributed by atoms with Gasteiger partial charge in [-0.3, -0.25) is 4.90 Å². The second-order valence-corrected chi connectivity index (χ2v) is 10.8. The van der Waals surface area contributed by atoms with Crippen LogP contribution in [0.2, 0.25) is 5.02 Å². The van der Waals surface area contributed by atoms with Crippen LogP contribution in [0.25, 0.3) is 0 Å². The molecule has 0 bridgehead atoms. The number of hydrogen-bond acceptors (Lipinski definition) is 4. The summed E-state index contributed by atoms with van der Waals surface area (Å²) in [5.74, 6) is 1.55. The molecule has 2 aromatic carbocycles. The summed E-state index contributed by atoms with van der Waals surface area (Å²) in [6, 6.07) is 13.0. The fourth-order valence-electron chi connectivity index (χ4n) is 6.43. The zero-order valence-electron chi connectivity index (χ0n) is 20.9. The highest BCUT2D eigenvalue weighted by molar-refractivity contribution is 6.31.